The molecule has 10 heteroatoms. The third-order valence-corrected chi connectivity index (χ3v) is 5.29. The van der Waals surface area contributed by atoms with Gasteiger partial charge in [-0.25, -0.2) is 23.8 Å². The maximum Gasteiger partial charge on any atom is 0.353 e. The van der Waals surface area contributed by atoms with Crippen molar-refractivity contribution in [2.75, 3.05) is 12.8 Å². The fourth-order valence-electron chi connectivity index (χ4n) is 3.77. The summed E-state index contributed by atoms with van der Waals surface area (Å²) in [5.74, 6) is 0.674. The summed E-state index contributed by atoms with van der Waals surface area (Å²) in [6.07, 6.45) is 6.07. The Morgan fingerprint density at radius 1 is 1.29 bits per heavy atom. The predicted octanol–water partition coefficient (Wildman–Crippen LogP) is 3.33. The topological polar surface area (TPSA) is 126 Å². The molecule has 0 amide bonds. The Kier molecular flexibility index (Phi) is 6.60. The molecule has 4 rings (SSSR count). The summed E-state index contributed by atoms with van der Waals surface area (Å²) in [5, 5.41) is 4.68. The molecule has 10 nitrogen and oxygen atoms in total. The molecule has 3 heterocycles. The van der Waals surface area contributed by atoms with Crippen LogP contribution in [0.5, 0.6) is 0 Å². The largest absolute Gasteiger partial charge is 0.448 e. The number of anilines is 1. The molecule has 0 radical (unpaired) electrons. The number of hydrogen-bond acceptors (Lipinski definition) is 8. The maximum atomic E-state index is 13.3. The lowest BCUT2D eigenvalue weighted by Crippen LogP contribution is -2.24. The third kappa shape index (κ3) is 4.35. The van der Waals surface area contributed by atoms with E-state index in [2.05, 4.69) is 20.5 Å². The van der Waals surface area contributed by atoms with Crippen LogP contribution < -0.4 is 16.9 Å². The van der Waals surface area contributed by atoms with Crippen LogP contribution in [0.15, 0.2) is 63.8 Å². The summed E-state index contributed by atoms with van der Waals surface area (Å²) in [7, 11) is 1.55. The van der Waals surface area contributed by atoms with Crippen LogP contribution in [0, 0.1) is 6.92 Å². The molecule has 0 bridgehead atoms. The van der Waals surface area contributed by atoms with E-state index in [1.54, 1.807) is 14.0 Å². The van der Waals surface area contributed by atoms with E-state index < -0.39 is 5.69 Å². The molecular formula is C24H27N7O3. The first kappa shape index (κ1) is 23.0. The number of fused-ring (bicyclic) bond motifs is 1. The van der Waals surface area contributed by atoms with E-state index in [0.717, 1.165) is 23.3 Å². The van der Waals surface area contributed by atoms with Gasteiger partial charge >= 0.3 is 5.69 Å². The number of benzene rings is 1. The van der Waals surface area contributed by atoms with Gasteiger partial charge in [0.25, 0.3) is 0 Å². The van der Waals surface area contributed by atoms with Gasteiger partial charge in [-0.1, -0.05) is 43.3 Å². The second-order valence-electron chi connectivity index (χ2n) is 7.72. The Bertz CT molecular complexity index is 1430. The molecule has 1 aromatic carbocycles. The van der Waals surface area contributed by atoms with Gasteiger partial charge < -0.3 is 10.2 Å². The van der Waals surface area contributed by atoms with Gasteiger partial charge in [-0.2, -0.15) is 0 Å². The van der Waals surface area contributed by atoms with Crippen molar-refractivity contribution in [2.24, 2.45) is 0 Å². The standard InChI is InChI=1S/C24H27N7O3/c1-5-9-18(12-15(2)29-33-4)20-21(17-10-7-6-8-11-17)27-23(25)31-22(20)28-30(24(31)32)13-19-16(3)34-14-26-19/h6-12,14,29H,5,13H2,1-4H3,(H2,25,27)/b15-12-,18-9+. The lowest BCUT2D eigenvalue weighted by atomic mass is 9.98. The quantitative estimate of drug-likeness (QED) is 0.302. The van der Waals surface area contributed by atoms with Crippen LogP contribution in [-0.4, -0.2) is 31.3 Å². The molecule has 0 spiro atoms. The van der Waals surface area contributed by atoms with Gasteiger partial charge in [0.15, 0.2) is 12.0 Å². The van der Waals surface area contributed by atoms with Crippen molar-refractivity contribution < 1.29 is 9.25 Å². The maximum absolute atomic E-state index is 13.3. The second-order valence-corrected chi connectivity index (χ2v) is 7.72. The van der Waals surface area contributed by atoms with Gasteiger partial charge in [-0.05, 0) is 31.9 Å². The van der Waals surface area contributed by atoms with Gasteiger partial charge in [0.05, 0.1) is 24.9 Å². The van der Waals surface area contributed by atoms with Crippen LogP contribution in [0.4, 0.5) is 5.95 Å². The van der Waals surface area contributed by atoms with E-state index in [4.69, 9.17) is 15.0 Å². The first-order valence-electron chi connectivity index (χ1n) is 10.9. The van der Waals surface area contributed by atoms with E-state index in [9.17, 15) is 4.79 Å². The average molecular weight is 462 g/mol. The van der Waals surface area contributed by atoms with E-state index in [1.807, 2.05) is 56.3 Å². The molecule has 0 unspecified atom stereocenters. The highest BCUT2D eigenvalue weighted by molar-refractivity contribution is 5.91. The number of nitrogen functional groups attached to an aromatic ring is 1. The number of allylic oxidation sites excluding steroid dienone is 4. The zero-order valence-corrected chi connectivity index (χ0v) is 19.6. The van der Waals surface area contributed by atoms with E-state index in [1.165, 1.54) is 15.5 Å². The molecular weight excluding hydrogens is 434 g/mol. The molecule has 0 aliphatic heterocycles. The Morgan fingerprint density at radius 3 is 2.71 bits per heavy atom. The summed E-state index contributed by atoms with van der Waals surface area (Å²) in [4.78, 5) is 27.2. The molecule has 0 fully saturated rings. The number of nitrogens with two attached hydrogens (primary N) is 1. The Labute approximate surface area is 196 Å². The van der Waals surface area contributed by atoms with Crippen molar-refractivity contribution in [3.05, 3.63) is 82.1 Å². The third-order valence-electron chi connectivity index (χ3n) is 5.29. The number of aromatic nitrogens is 5. The van der Waals surface area contributed by atoms with Crippen LogP contribution in [-0.2, 0) is 11.4 Å². The van der Waals surface area contributed by atoms with Crippen molar-refractivity contribution in [1.82, 2.24) is 29.6 Å². The Hall–Kier alpha value is -4.18. The normalized spacial score (nSPS) is 12.5. The Morgan fingerprint density at radius 2 is 2.06 bits per heavy atom. The summed E-state index contributed by atoms with van der Waals surface area (Å²) in [6, 6.07) is 9.68. The highest BCUT2D eigenvalue weighted by Gasteiger charge is 2.22. The highest BCUT2D eigenvalue weighted by Crippen LogP contribution is 2.32. The number of hydrogen-bond donors (Lipinski definition) is 2. The van der Waals surface area contributed by atoms with E-state index in [0.29, 0.717) is 28.4 Å². The van der Waals surface area contributed by atoms with Crippen molar-refractivity contribution in [3.63, 3.8) is 0 Å². The average Bonchev–Trinajstić information content (AvgIpc) is 3.37. The zero-order valence-electron chi connectivity index (χ0n) is 19.6. The van der Waals surface area contributed by atoms with Crippen molar-refractivity contribution in [1.29, 1.82) is 0 Å². The van der Waals surface area contributed by atoms with Crippen LogP contribution >= 0.6 is 0 Å². The van der Waals surface area contributed by atoms with Gasteiger partial charge in [0.1, 0.15) is 11.5 Å². The summed E-state index contributed by atoms with van der Waals surface area (Å²) < 4.78 is 7.93. The molecule has 0 aliphatic carbocycles. The van der Waals surface area contributed by atoms with E-state index >= 15 is 0 Å². The van der Waals surface area contributed by atoms with Gasteiger partial charge in [0.2, 0.25) is 5.95 Å². The van der Waals surface area contributed by atoms with Crippen molar-refractivity contribution in [3.8, 4) is 11.3 Å². The monoisotopic (exact) mass is 461 g/mol. The highest BCUT2D eigenvalue weighted by atomic mass is 16.6. The first-order valence-corrected chi connectivity index (χ1v) is 10.9. The number of rotatable bonds is 8. The fourth-order valence-corrected chi connectivity index (χ4v) is 3.77. The van der Waals surface area contributed by atoms with E-state index in [-0.39, 0.29) is 12.5 Å². The zero-order chi connectivity index (χ0) is 24.2. The summed E-state index contributed by atoms with van der Waals surface area (Å²) in [6.45, 7) is 5.86. The molecule has 3 aromatic heterocycles. The molecule has 0 atom stereocenters. The molecule has 176 valence electrons. The van der Waals surface area contributed by atoms with Gasteiger partial charge in [-0.15, -0.1) is 5.10 Å². The van der Waals surface area contributed by atoms with Gasteiger partial charge in [0, 0.05) is 11.3 Å². The fraction of sp³-hybridized carbons (Fsp3) is 0.250. The van der Waals surface area contributed by atoms with Crippen LogP contribution in [0.25, 0.3) is 22.5 Å². The smallest absolute Gasteiger partial charge is 0.353 e. The minimum atomic E-state index is -0.408. The van der Waals surface area contributed by atoms with Gasteiger partial charge in [-0.3, -0.25) is 10.3 Å². The van der Waals surface area contributed by atoms with Crippen LogP contribution in [0.2, 0.25) is 0 Å². The number of oxazole rings is 1. The number of hydroxylamine groups is 1. The van der Waals surface area contributed by atoms with Crippen molar-refractivity contribution >= 4 is 17.2 Å². The summed E-state index contributed by atoms with van der Waals surface area (Å²) in [5.41, 5.74) is 13.5. The summed E-state index contributed by atoms with van der Waals surface area (Å²) >= 11 is 0. The molecule has 34 heavy (non-hydrogen) atoms. The van der Waals surface area contributed by atoms with Crippen LogP contribution in [0.1, 0.15) is 37.3 Å². The minimum Gasteiger partial charge on any atom is -0.448 e. The second kappa shape index (κ2) is 9.75. The van der Waals surface area contributed by atoms with Crippen molar-refractivity contribution in [2.45, 2.75) is 33.7 Å². The SMILES string of the molecule is CC/C=C(\C=C(\C)NOC)c1c(-c2ccccc2)nc(N)n2c(=O)n(Cc3ncoc3C)nc12. The lowest BCUT2D eigenvalue weighted by Gasteiger charge is -2.14. The van der Waals surface area contributed by atoms with Crippen LogP contribution in [0.3, 0.4) is 0 Å². The number of nitrogens with one attached hydrogen (secondary N) is 1. The number of aryl methyl sites for hydroxylation is 1. The predicted molar refractivity (Wildman–Crippen MR) is 130 cm³/mol. The Balaban J connectivity index is 2.03. The minimum absolute atomic E-state index is 0.0531. The molecule has 3 N–H and O–H groups in total. The molecule has 0 saturated carbocycles. The molecule has 0 saturated heterocycles. The molecule has 0 aliphatic rings. The molecule has 4 aromatic rings. The lowest BCUT2D eigenvalue weighted by molar-refractivity contribution is 0.118. The number of nitrogens with zero attached hydrogens (tertiary/aromatic N) is 5. The first-order chi connectivity index (χ1) is 16.4.